The normalized spacial score (nSPS) is 12.5. The SMILES string of the molecule is Cc1ccc(C(O)c2cc(C)c(F)cc2Cl)c(F)c1. The minimum absolute atomic E-state index is 0.0792. The van der Waals surface area contributed by atoms with Crippen molar-refractivity contribution in [2.45, 2.75) is 20.0 Å². The Bertz CT molecular complexity index is 626. The van der Waals surface area contributed by atoms with Gasteiger partial charge >= 0.3 is 0 Å². The van der Waals surface area contributed by atoms with Gasteiger partial charge in [0, 0.05) is 16.1 Å². The molecule has 0 bridgehead atoms. The minimum Gasteiger partial charge on any atom is -0.383 e. The molecular weight excluding hydrogens is 270 g/mol. The van der Waals surface area contributed by atoms with Gasteiger partial charge in [-0.2, -0.15) is 0 Å². The van der Waals surface area contributed by atoms with Crippen LogP contribution in [0.4, 0.5) is 8.78 Å². The molecule has 1 atom stereocenters. The number of rotatable bonds is 2. The zero-order valence-electron chi connectivity index (χ0n) is 10.5. The molecule has 0 radical (unpaired) electrons. The third-order valence-corrected chi connectivity index (χ3v) is 3.35. The molecule has 1 unspecified atom stereocenters. The lowest BCUT2D eigenvalue weighted by molar-refractivity contribution is 0.215. The van der Waals surface area contributed by atoms with Crippen LogP contribution < -0.4 is 0 Å². The number of hydrogen-bond donors (Lipinski definition) is 1. The summed E-state index contributed by atoms with van der Waals surface area (Å²) in [5.41, 5.74) is 1.53. The second-order valence-electron chi connectivity index (χ2n) is 4.55. The first-order valence-electron chi connectivity index (χ1n) is 5.80. The second-order valence-corrected chi connectivity index (χ2v) is 4.96. The molecule has 100 valence electrons. The van der Waals surface area contributed by atoms with Gasteiger partial charge in [0.15, 0.2) is 0 Å². The van der Waals surface area contributed by atoms with E-state index in [1.165, 1.54) is 18.2 Å². The fourth-order valence-electron chi connectivity index (χ4n) is 1.91. The number of aliphatic hydroxyl groups is 1. The van der Waals surface area contributed by atoms with Crippen molar-refractivity contribution in [2.24, 2.45) is 0 Å². The standard InChI is InChI=1S/C15H13ClF2O/c1-8-3-4-10(14(18)5-8)15(19)11-6-9(2)13(17)7-12(11)16/h3-7,15,19H,1-2H3. The van der Waals surface area contributed by atoms with Gasteiger partial charge in [0.25, 0.3) is 0 Å². The molecule has 4 heteroatoms. The molecule has 0 aromatic heterocycles. The molecular formula is C15H13ClF2O. The Morgan fingerprint density at radius 3 is 2.32 bits per heavy atom. The number of halogens is 3. The first-order chi connectivity index (χ1) is 8.90. The van der Waals surface area contributed by atoms with Gasteiger partial charge in [-0.15, -0.1) is 0 Å². The summed E-state index contributed by atoms with van der Waals surface area (Å²) in [4.78, 5) is 0. The fourth-order valence-corrected chi connectivity index (χ4v) is 2.16. The molecule has 19 heavy (non-hydrogen) atoms. The number of aliphatic hydroxyl groups excluding tert-OH is 1. The number of hydrogen-bond acceptors (Lipinski definition) is 1. The molecule has 0 amide bonds. The Labute approximate surface area is 115 Å². The summed E-state index contributed by atoms with van der Waals surface area (Å²) in [6.07, 6.45) is -1.22. The van der Waals surface area contributed by atoms with Crippen LogP contribution in [0.15, 0.2) is 30.3 Å². The van der Waals surface area contributed by atoms with Gasteiger partial charge in [-0.1, -0.05) is 23.7 Å². The van der Waals surface area contributed by atoms with Crippen LogP contribution in [-0.4, -0.2) is 5.11 Å². The third-order valence-electron chi connectivity index (χ3n) is 3.02. The minimum atomic E-state index is -1.22. The fraction of sp³-hybridized carbons (Fsp3) is 0.200. The number of aryl methyl sites for hydroxylation is 2. The van der Waals surface area contributed by atoms with Crippen LogP contribution in [0.1, 0.15) is 28.4 Å². The highest BCUT2D eigenvalue weighted by Gasteiger charge is 2.19. The van der Waals surface area contributed by atoms with Crippen molar-refractivity contribution in [2.75, 3.05) is 0 Å². The molecule has 0 saturated heterocycles. The van der Waals surface area contributed by atoms with Crippen molar-refractivity contribution in [1.82, 2.24) is 0 Å². The average Bonchev–Trinajstić information content (AvgIpc) is 2.33. The van der Waals surface area contributed by atoms with Crippen LogP contribution >= 0.6 is 11.6 Å². The average molecular weight is 283 g/mol. The maximum atomic E-state index is 13.8. The predicted molar refractivity (Wildman–Crippen MR) is 71.3 cm³/mol. The van der Waals surface area contributed by atoms with Crippen molar-refractivity contribution in [3.63, 3.8) is 0 Å². The van der Waals surface area contributed by atoms with Crippen LogP contribution in [-0.2, 0) is 0 Å². The van der Waals surface area contributed by atoms with Crippen LogP contribution in [0, 0.1) is 25.5 Å². The van der Waals surface area contributed by atoms with Gasteiger partial charge in [-0.05, 0) is 43.2 Å². The van der Waals surface area contributed by atoms with Gasteiger partial charge < -0.3 is 5.11 Å². The van der Waals surface area contributed by atoms with Crippen LogP contribution in [0.2, 0.25) is 5.02 Å². The summed E-state index contributed by atoms with van der Waals surface area (Å²) < 4.78 is 27.1. The Hall–Kier alpha value is -1.45. The monoisotopic (exact) mass is 282 g/mol. The van der Waals surface area contributed by atoms with Gasteiger partial charge in [0.05, 0.1) is 0 Å². The van der Waals surface area contributed by atoms with Gasteiger partial charge in [0.1, 0.15) is 17.7 Å². The molecule has 0 aliphatic heterocycles. The molecule has 0 saturated carbocycles. The Kier molecular flexibility index (Phi) is 3.88. The maximum Gasteiger partial charge on any atom is 0.129 e. The van der Waals surface area contributed by atoms with Gasteiger partial charge in [0.2, 0.25) is 0 Å². The lowest BCUT2D eigenvalue weighted by Gasteiger charge is -2.15. The number of benzene rings is 2. The van der Waals surface area contributed by atoms with Gasteiger partial charge in [-0.25, -0.2) is 8.78 Å². The molecule has 2 rings (SSSR count). The highest BCUT2D eigenvalue weighted by Crippen LogP contribution is 2.31. The second kappa shape index (κ2) is 5.27. The summed E-state index contributed by atoms with van der Waals surface area (Å²) in [7, 11) is 0. The van der Waals surface area contributed by atoms with E-state index in [9.17, 15) is 13.9 Å². The van der Waals surface area contributed by atoms with E-state index in [0.717, 1.165) is 11.6 Å². The lowest BCUT2D eigenvalue weighted by atomic mass is 9.98. The molecule has 0 heterocycles. The Morgan fingerprint density at radius 2 is 1.68 bits per heavy atom. The van der Waals surface area contributed by atoms with E-state index < -0.39 is 17.7 Å². The highest BCUT2D eigenvalue weighted by atomic mass is 35.5. The third kappa shape index (κ3) is 2.77. The summed E-state index contributed by atoms with van der Waals surface area (Å²) in [6.45, 7) is 3.32. The maximum absolute atomic E-state index is 13.8. The zero-order valence-corrected chi connectivity index (χ0v) is 11.3. The van der Waals surface area contributed by atoms with Gasteiger partial charge in [-0.3, -0.25) is 0 Å². The lowest BCUT2D eigenvalue weighted by Crippen LogP contribution is -2.04. The first-order valence-corrected chi connectivity index (χ1v) is 6.17. The van der Waals surface area contributed by atoms with Crippen molar-refractivity contribution >= 4 is 11.6 Å². The van der Waals surface area contributed by atoms with Crippen LogP contribution in [0.25, 0.3) is 0 Å². The zero-order chi connectivity index (χ0) is 14.2. The molecule has 1 N–H and O–H groups in total. The van der Waals surface area contributed by atoms with Crippen molar-refractivity contribution in [1.29, 1.82) is 0 Å². The van der Waals surface area contributed by atoms with Crippen molar-refractivity contribution in [3.05, 3.63) is 69.2 Å². The van der Waals surface area contributed by atoms with Crippen molar-refractivity contribution < 1.29 is 13.9 Å². The topological polar surface area (TPSA) is 20.2 Å². The van der Waals surface area contributed by atoms with E-state index >= 15 is 0 Å². The molecule has 0 spiro atoms. The van der Waals surface area contributed by atoms with E-state index in [2.05, 4.69) is 0 Å². The molecule has 0 fully saturated rings. The summed E-state index contributed by atoms with van der Waals surface area (Å²) in [5.74, 6) is -0.962. The molecule has 2 aromatic carbocycles. The van der Waals surface area contributed by atoms with Crippen LogP contribution in [0.5, 0.6) is 0 Å². The molecule has 2 aromatic rings. The summed E-state index contributed by atoms with van der Waals surface area (Å²) in [5, 5.41) is 10.3. The van der Waals surface area contributed by atoms with Crippen LogP contribution in [0.3, 0.4) is 0 Å². The van der Waals surface area contributed by atoms with E-state index in [-0.39, 0.29) is 10.6 Å². The summed E-state index contributed by atoms with van der Waals surface area (Å²) in [6, 6.07) is 7.10. The Balaban J connectivity index is 2.49. The van der Waals surface area contributed by atoms with E-state index in [0.29, 0.717) is 11.1 Å². The van der Waals surface area contributed by atoms with Crippen molar-refractivity contribution in [3.8, 4) is 0 Å². The highest BCUT2D eigenvalue weighted by molar-refractivity contribution is 6.31. The smallest absolute Gasteiger partial charge is 0.129 e. The predicted octanol–water partition coefficient (Wildman–Crippen LogP) is 4.32. The first kappa shape index (κ1) is 14.0. The molecule has 0 aliphatic carbocycles. The largest absolute Gasteiger partial charge is 0.383 e. The Morgan fingerprint density at radius 1 is 1.00 bits per heavy atom. The molecule has 0 aliphatic rings. The molecule has 1 nitrogen and oxygen atoms in total. The van der Waals surface area contributed by atoms with E-state index in [4.69, 9.17) is 11.6 Å². The quantitative estimate of drug-likeness (QED) is 0.870. The summed E-state index contributed by atoms with van der Waals surface area (Å²) >= 11 is 5.91. The van der Waals surface area contributed by atoms with E-state index in [1.807, 2.05) is 0 Å². The van der Waals surface area contributed by atoms with E-state index in [1.54, 1.807) is 19.9 Å².